The zero-order chi connectivity index (χ0) is 10.7. The van der Waals surface area contributed by atoms with Crippen LogP contribution in [0, 0.1) is 0 Å². The van der Waals surface area contributed by atoms with Crippen molar-refractivity contribution in [1.29, 1.82) is 0 Å². The van der Waals surface area contributed by atoms with Crippen LogP contribution >= 0.6 is 15.9 Å². The summed E-state index contributed by atoms with van der Waals surface area (Å²) in [6.07, 6.45) is 1.71. The number of benzene rings is 1. The molecule has 0 saturated heterocycles. The Balaban J connectivity index is 2.40. The molecule has 2 rings (SSSR count). The molecule has 0 amide bonds. The molecule has 1 heterocycles. The molecule has 0 aliphatic heterocycles. The van der Waals surface area contributed by atoms with Crippen LogP contribution in [0.2, 0.25) is 0 Å². The fourth-order valence-electron chi connectivity index (χ4n) is 1.35. The number of aromatic nitrogens is 1. The molecule has 0 saturated carbocycles. The number of halogens is 1. The van der Waals surface area contributed by atoms with Crippen molar-refractivity contribution in [2.75, 3.05) is 0 Å². The zero-order valence-electron chi connectivity index (χ0n) is 8.02. The van der Waals surface area contributed by atoms with E-state index in [1.54, 1.807) is 6.20 Å². The van der Waals surface area contributed by atoms with E-state index in [0.717, 1.165) is 21.3 Å². The Morgan fingerprint density at radius 1 is 1.13 bits per heavy atom. The van der Waals surface area contributed by atoms with Crippen molar-refractivity contribution in [3.05, 3.63) is 52.6 Å². The van der Waals surface area contributed by atoms with E-state index in [0.29, 0.717) is 0 Å². The number of aliphatic hydroxyl groups is 1. The Morgan fingerprint density at radius 2 is 1.87 bits per heavy atom. The summed E-state index contributed by atoms with van der Waals surface area (Å²) in [5.41, 5.74) is 2.81. The molecular weight excluding hydrogens is 254 g/mol. The second-order valence-corrected chi connectivity index (χ2v) is 4.13. The monoisotopic (exact) mass is 263 g/mol. The summed E-state index contributed by atoms with van der Waals surface area (Å²) >= 11 is 3.39. The normalized spacial score (nSPS) is 10.3. The summed E-state index contributed by atoms with van der Waals surface area (Å²) in [4.78, 5) is 4.26. The molecule has 2 aromatic rings. The quantitative estimate of drug-likeness (QED) is 0.904. The average molecular weight is 264 g/mol. The second-order valence-electron chi connectivity index (χ2n) is 3.21. The van der Waals surface area contributed by atoms with Gasteiger partial charge >= 0.3 is 0 Å². The van der Waals surface area contributed by atoms with Crippen LogP contribution in [0.5, 0.6) is 0 Å². The van der Waals surface area contributed by atoms with Gasteiger partial charge in [-0.3, -0.25) is 4.98 Å². The second kappa shape index (κ2) is 4.55. The van der Waals surface area contributed by atoms with Gasteiger partial charge in [0.1, 0.15) is 0 Å². The van der Waals surface area contributed by atoms with Crippen molar-refractivity contribution in [2.24, 2.45) is 0 Å². The van der Waals surface area contributed by atoms with E-state index in [4.69, 9.17) is 5.11 Å². The summed E-state index contributed by atoms with van der Waals surface area (Å²) in [7, 11) is 0. The maximum Gasteiger partial charge on any atom is 0.0705 e. The highest BCUT2D eigenvalue weighted by atomic mass is 79.9. The Labute approximate surface area is 96.7 Å². The van der Waals surface area contributed by atoms with Gasteiger partial charge in [0.25, 0.3) is 0 Å². The number of nitrogens with zero attached hydrogens (tertiary/aromatic N) is 1. The van der Waals surface area contributed by atoms with Gasteiger partial charge in [0.2, 0.25) is 0 Å². The molecule has 2 nitrogen and oxygen atoms in total. The summed E-state index contributed by atoms with van der Waals surface area (Å²) in [6, 6.07) is 11.6. The first kappa shape index (κ1) is 10.3. The molecule has 0 aliphatic carbocycles. The molecule has 0 aliphatic rings. The minimum absolute atomic E-state index is 0.0477. The van der Waals surface area contributed by atoms with Crippen molar-refractivity contribution >= 4 is 15.9 Å². The Hall–Kier alpha value is -1.19. The van der Waals surface area contributed by atoms with E-state index in [9.17, 15) is 0 Å². The van der Waals surface area contributed by atoms with Crippen LogP contribution in [0.1, 0.15) is 5.56 Å². The molecule has 1 aromatic heterocycles. The zero-order valence-corrected chi connectivity index (χ0v) is 9.61. The third-order valence-electron chi connectivity index (χ3n) is 2.15. The van der Waals surface area contributed by atoms with Crippen molar-refractivity contribution < 1.29 is 5.11 Å². The highest BCUT2D eigenvalue weighted by Crippen LogP contribution is 2.20. The molecule has 0 atom stereocenters. The van der Waals surface area contributed by atoms with Crippen LogP contribution in [0.15, 0.2) is 47.1 Å². The van der Waals surface area contributed by atoms with E-state index in [1.165, 1.54) is 0 Å². The third kappa shape index (κ3) is 2.43. The third-order valence-corrected chi connectivity index (χ3v) is 2.68. The van der Waals surface area contributed by atoms with E-state index in [-0.39, 0.29) is 6.61 Å². The van der Waals surface area contributed by atoms with Gasteiger partial charge in [-0.2, -0.15) is 0 Å². The van der Waals surface area contributed by atoms with Gasteiger partial charge in [-0.15, -0.1) is 0 Å². The lowest BCUT2D eigenvalue weighted by atomic mass is 10.1. The largest absolute Gasteiger partial charge is 0.392 e. The first-order valence-electron chi connectivity index (χ1n) is 4.61. The maximum absolute atomic E-state index is 9.02. The molecular formula is C12H10BrNO. The van der Waals surface area contributed by atoms with Crippen LogP contribution in [-0.2, 0) is 6.61 Å². The lowest BCUT2D eigenvalue weighted by Crippen LogP contribution is -1.87. The molecule has 0 spiro atoms. The van der Waals surface area contributed by atoms with Gasteiger partial charge in [-0.1, -0.05) is 28.1 Å². The highest BCUT2D eigenvalue weighted by Gasteiger charge is 1.99. The first-order valence-corrected chi connectivity index (χ1v) is 5.40. The predicted molar refractivity (Wildman–Crippen MR) is 63.3 cm³/mol. The molecule has 3 heteroatoms. The van der Waals surface area contributed by atoms with Crippen LogP contribution in [0.4, 0.5) is 0 Å². The van der Waals surface area contributed by atoms with Crippen molar-refractivity contribution in [1.82, 2.24) is 4.98 Å². The smallest absolute Gasteiger partial charge is 0.0705 e. The fourth-order valence-corrected chi connectivity index (χ4v) is 1.62. The minimum Gasteiger partial charge on any atom is -0.392 e. The van der Waals surface area contributed by atoms with Crippen LogP contribution < -0.4 is 0 Å². The summed E-state index contributed by atoms with van der Waals surface area (Å²) in [5.74, 6) is 0. The lowest BCUT2D eigenvalue weighted by Gasteiger charge is -2.02. The molecule has 0 bridgehead atoms. The average Bonchev–Trinajstić information content (AvgIpc) is 2.30. The number of rotatable bonds is 2. The van der Waals surface area contributed by atoms with E-state index < -0.39 is 0 Å². The number of aliphatic hydroxyl groups excluding tert-OH is 1. The van der Waals surface area contributed by atoms with Gasteiger partial charge in [0.05, 0.1) is 12.3 Å². The number of pyridine rings is 1. The highest BCUT2D eigenvalue weighted by molar-refractivity contribution is 9.10. The molecule has 0 radical (unpaired) electrons. The Morgan fingerprint density at radius 3 is 2.53 bits per heavy atom. The lowest BCUT2D eigenvalue weighted by molar-refractivity contribution is 0.282. The topological polar surface area (TPSA) is 33.1 Å². The van der Waals surface area contributed by atoms with E-state index in [1.807, 2.05) is 36.4 Å². The Kier molecular flexibility index (Phi) is 3.14. The standard InChI is InChI=1S/C12H10BrNO/c13-11-3-1-10(2-4-11)12-7-9(8-15)5-6-14-12/h1-7,15H,8H2. The van der Waals surface area contributed by atoms with Crippen LogP contribution in [0.3, 0.4) is 0 Å². The van der Waals surface area contributed by atoms with Crippen molar-refractivity contribution in [3.8, 4) is 11.3 Å². The van der Waals surface area contributed by atoms with Gasteiger partial charge in [0.15, 0.2) is 0 Å². The number of hydrogen-bond acceptors (Lipinski definition) is 2. The summed E-state index contributed by atoms with van der Waals surface area (Å²) < 4.78 is 1.05. The van der Waals surface area contributed by atoms with Gasteiger partial charge in [0, 0.05) is 16.2 Å². The summed E-state index contributed by atoms with van der Waals surface area (Å²) in [5, 5.41) is 9.02. The Bertz CT molecular complexity index is 453. The molecule has 76 valence electrons. The SMILES string of the molecule is OCc1ccnc(-c2ccc(Br)cc2)c1. The maximum atomic E-state index is 9.02. The van der Waals surface area contributed by atoms with Crippen molar-refractivity contribution in [3.63, 3.8) is 0 Å². The molecule has 1 aromatic carbocycles. The minimum atomic E-state index is 0.0477. The summed E-state index contributed by atoms with van der Waals surface area (Å²) in [6.45, 7) is 0.0477. The molecule has 0 unspecified atom stereocenters. The first-order chi connectivity index (χ1) is 7.29. The van der Waals surface area contributed by atoms with Crippen LogP contribution in [-0.4, -0.2) is 10.1 Å². The predicted octanol–water partition coefficient (Wildman–Crippen LogP) is 3.00. The van der Waals surface area contributed by atoms with E-state index in [2.05, 4.69) is 20.9 Å². The molecule has 0 fully saturated rings. The van der Waals surface area contributed by atoms with Crippen LogP contribution in [0.25, 0.3) is 11.3 Å². The van der Waals surface area contributed by atoms with Crippen molar-refractivity contribution in [2.45, 2.75) is 6.61 Å². The van der Waals surface area contributed by atoms with Gasteiger partial charge < -0.3 is 5.11 Å². The van der Waals surface area contributed by atoms with Gasteiger partial charge in [-0.05, 0) is 29.8 Å². The van der Waals surface area contributed by atoms with Gasteiger partial charge in [-0.25, -0.2) is 0 Å². The van der Waals surface area contributed by atoms with E-state index >= 15 is 0 Å². The molecule has 1 N–H and O–H groups in total. The fraction of sp³-hybridized carbons (Fsp3) is 0.0833. The number of hydrogen-bond donors (Lipinski definition) is 1. The molecule has 15 heavy (non-hydrogen) atoms.